The second-order valence-electron chi connectivity index (χ2n) is 8.32. The highest BCUT2D eigenvalue weighted by atomic mass is 16.3. The fraction of sp³-hybridized carbons (Fsp3) is 0.545. The lowest BCUT2D eigenvalue weighted by molar-refractivity contribution is 0.00305. The van der Waals surface area contributed by atoms with E-state index in [1.54, 1.807) is 0 Å². The molecule has 0 radical (unpaired) electrons. The summed E-state index contributed by atoms with van der Waals surface area (Å²) in [6.45, 7) is 7.96. The molecule has 0 saturated carbocycles. The number of carbonyl (C=O) groups excluding carboxylic acids is 1. The van der Waals surface area contributed by atoms with Crippen molar-refractivity contribution < 1.29 is 9.90 Å². The van der Waals surface area contributed by atoms with Crippen LogP contribution in [-0.4, -0.2) is 65.1 Å². The van der Waals surface area contributed by atoms with Crippen LogP contribution in [0.4, 0.5) is 0 Å². The van der Waals surface area contributed by atoms with Gasteiger partial charge in [-0.2, -0.15) is 0 Å². The minimum Gasteiger partial charge on any atom is -0.388 e. The number of hydrogen-bond acceptors (Lipinski definition) is 4. The average molecular weight is 370 g/mol. The molecule has 5 nitrogen and oxygen atoms in total. The van der Waals surface area contributed by atoms with Crippen molar-refractivity contribution in [2.75, 3.05) is 33.7 Å². The topological polar surface area (TPSA) is 56.7 Å². The number of aliphatic hydroxyl groups is 1. The summed E-state index contributed by atoms with van der Waals surface area (Å²) in [5.74, 6) is 0.0443. The van der Waals surface area contributed by atoms with Crippen LogP contribution in [0.3, 0.4) is 0 Å². The zero-order valence-electron chi connectivity index (χ0n) is 17.2. The molecule has 1 amide bonds. The van der Waals surface area contributed by atoms with Crippen molar-refractivity contribution in [3.63, 3.8) is 0 Å². The Morgan fingerprint density at radius 1 is 1.22 bits per heavy atom. The molecule has 1 N–H and O–H groups in total. The highest BCUT2D eigenvalue weighted by Gasteiger charge is 2.32. The minimum atomic E-state index is -0.720. The Hall–Kier alpha value is -1.98. The van der Waals surface area contributed by atoms with Crippen LogP contribution in [0.15, 0.2) is 18.2 Å². The number of likely N-dealkylation sites (tertiary alicyclic amines) is 1. The van der Waals surface area contributed by atoms with E-state index in [-0.39, 0.29) is 5.91 Å². The van der Waals surface area contributed by atoms with Crippen molar-refractivity contribution in [3.05, 3.63) is 40.6 Å². The van der Waals surface area contributed by atoms with E-state index < -0.39 is 5.60 Å². The maximum absolute atomic E-state index is 13.4. The first-order valence-corrected chi connectivity index (χ1v) is 9.74. The van der Waals surface area contributed by atoms with E-state index >= 15 is 0 Å². The Kier molecular flexibility index (Phi) is 5.54. The molecule has 0 bridgehead atoms. The van der Waals surface area contributed by atoms with Crippen LogP contribution < -0.4 is 0 Å². The molecular formula is C22H31N3O2. The fourth-order valence-electron chi connectivity index (χ4n) is 4.13. The third-order valence-corrected chi connectivity index (χ3v) is 5.68. The number of nitrogens with zero attached hydrogens (tertiary/aromatic N) is 3. The molecule has 5 heteroatoms. The number of rotatable bonds is 3. The molecule has 3 rings (SSSR count). The van der Waals surface area contributed by atoms with Crippen LogP contribution in [0.1, 0.15) is 46.4 Å². The third-order valence-electron chi connectivity index (χ3n) is 5.68. The van der Waals surface area contributed by atoms with Gasteiger partial charge < -0.3 is 14.9 Å². The summed E-state index contributed by atoms with van der Waals surface area (Å²) in [5.41, 5.74) is 4.08. The molecule has 2 heterocycles. The van der Waals surface area contributed by atoms with E-state index in [1.807, 2.05) is 43.0 Å². The molecule has 1 fully saturated rings. The number of hydrogen-bond donors (Lipinski definition) is 1. The van der Waals surface area contributed by atoms with Gasteiger partial charge in [0, 0.05) is 30.7 Å². The van der Waals surface area contributed by atoms with Gasteiger partial charge in [0.25, 0.3) is 5.91 Å². The van der Waals surface area contributed by atoms with Gasteiger partial charge >= 0.3 is 0 Å². The van der Waals surface area contributed by atoms with Crippen molar-refractivity contribution in [1.82, 2.24) is 14.8 Å². The van der Waals surface area contributed by atoms with Gasteiger partial charge in [0.1, 0.15) is 0 Å². The summed E-state index contributed by atoms with van der Waals surface area (Å²) in [5, 5.41) is 11.8. The standard InChI is InChI=1S/C22H31N3O2/c1-15-7-8-18-19(13-16(2)23-20(18)17(15)3)21(26)25-11-6-9-22(27,10-12-25)14-24(4)5/h7-8,13,27H,6,9-12,14H2,1-5H3/t22-/m0/s1. The number of likely N-dealkylation sites (N-methyl/N-ethyl adjacent to an activating group) is 1. The quantitative estimate of drug-likeness (QED) is 0.903. The Bertz CT molecular complexity index is 862. The van der Waals surface area contributed by atoms with Crippen molar-refractivity contribution in [3.8, 4) is 0 Å². The van der Waals surface area contributed by atoms with E-state index in [2.05, 4.69) is 24.9 Å². The van der Waals surface area contributed by atoms with Gasteiger partial charge in [0.15, 0.2) is 0 Å². The minimum absolute atomic E-state index is 0.0443. The predicted octanol–water partition coefficient (Wildman–Crippen LogP) is 3.08. The number of amides is 1. The van der Waals surface area contributed by atoms with Crippen molar-refractivity contribution in [2.45, 2.75) is 45.6 Å². The molecule has 0 unspecified atom stereocenters. The maximum Gasteiger partial charge on any atom is 0.254 e. The monoisotopic (exact) mass is 369 g/mol. The van der Waals surface area contributed by atoms with Crippen molar-refractivity contribution in [2.24, 2.45) is 0 Å². The Labute approximate surface area is 162 Å². The van der Waals surface area contributed by atoms with Gasteiger partial charge in [0.2, 0.25) is 0 Å². The maximum atomic E-state index is 13.4. The highest BCUT2D eigenvalue weighted by Crippen LogP contribution is 2.28. The molecule has 1 aromatic carbocycles. The van der Waals surface area contributed by atoms with Crippen LogP contribution in [-0.2, 0) is 0 Å². The van der Waals surface area contributed by atoms with Gasteiger partial charge in [-0.25, -0.2) is 0 Å². The second-order valence-corrected chi connectivity index (χ2v) is 8.32. The first kappa shape index (κ1) is 19.8. The molecule has 0 aliphatic carbocycles. The summed E-state index contributed by atoms with van der Waals surface area (Å²) < 4.78 is 0. The molecule has 2 aromatic rings. The first-order valence-electron chi connectivity index (χ1n) is 9.74. The molecule has 1 aliphatic heterocycles. The smallest absolute Gasteiger partial charge is 0.254 e. The van der Waals surface area contributed by atoms with E-state index in [9.17, 15) is 9.90 Å². The summed E-state index contributed by atoms with van der Waals surface area (Å²) in [6.07, 6.45) is 2.15. The van der Waals surface area contributed by atoms with Crippen LogP contribution in [0.2, 0.25) is 0 Å². The summed E-state index contributed by atoms with van der Waals surface area (Å²) in [4.78, 5) is 22.0. The molecule has 1 aliphatic rings. The van der Waals surface area contributed by atoms with Crippen LogP contribution >= 0.6 is 0 Å². The largest absolute Gasteiger partial charge is 0.388 e. The number of carbonyl (C=O) groups is 1. The lowest BCUT2D eigenvalue weighted by Crippen LogP contribution is -2.41. The second kappa shape index (κ2) is 7.56. The summed E-state index contributed by atoms with van der Waals surface area (Å²) >= 11 is 0. The highest BCUT2D eigenvalue weighted by molar-refractivity contribution is 6.07. The first-order chi connectivity index (χ1) is 12.7. The molecule has 0 spiro atoms. The molecule has 1 saturated heterocycles. The zero-order chi connectivity index (χ0) is 19.8. The number of aryl methyl sites for hydroxylation is 3. The van der Waals surface area contributed by atoms with Gasteiger partial charge in [-0.1, -0.05) is 12.1 Å². The van der Waals surface area contributed by atoms with E-state index in [0.29, 0.717) is 26.1 Å². The van der Waals surface area contributed by atoms with Gasteiger partial charge in [-0.3, -0.25) is 9.78 Å². The van der Waals surface area contributed by atoms with Gasteiger partial charge in [0.05, 0.1) is 16.7 Å². The summed E-state index contributed by atoms with van der Waals surface area (Å²) in [7, 11) is 3.95. The van der Waals surface area contributed by atoms with Crippen LogP contribution in [0.25, 0.3) is 10.9 Å². The lowest BCUT2D eigenvalue weighted by Gasteiger charge is -2.30. The lowest BCUT2D eigenvalue weighted by atomic mass is 9.94. The number of pyridine rings is 1. The Morgan fingerprint density at radius 2 is 1.96 bits per heavy atom. The number of fused-ring (bicyclic) bond motifs is 1. The van der Waals surface area contributed by atoms with E-state index in [4.69, 9.17) is 0 Å². The SMILES string of the molecule is Cc1cc(C(=O)N2CCC[C@@](O)(CN(C)C)CC2)c2ccc(C)c(C)c2n1. The van der Waals surface area contributed by atoms with Crippen LogP contribution in [0.5, 0.6) is 0 Å². The van der Waals surface area contributed by atoms with E-state index in [0.717, 1.165) is 40.6 Å². The Morgan fingerprint density at radius 3 is 2.67 bits per heavy atom. The number of aromatic nitrogens is 1. The predicted molar refractivity (Wildman–Crippen MR) is 109 cm³/mol. The molecular weight excluding hydrogens is 338 g/mol. The van der Waals surface area contributed by atoms with E-state index in [1.165, 1.54) is 5.56 Å². The molecule has 1 atom stereocenters. The zero-order valence-corrected chi connectivity index (χ0v) is 17.2. The average Bonchev–Trinajstić information content (AvgIpc) is 2.78. The van der Waals surface area contributed by atoms with Gasteiger partial charge in [-0.05, 0) is 71.3 Å². The molecule has 1 aromatic heterocycles. The van der Waals surface area contributed by atoms with Crippen molar-refractivity contribution >= 4 is 16.8 Å². The number of benzene rings is 1. The van der Waals surface area contributed by atoms with Gasteiger partial charge in [-0.15, -0.1) is 0 Å². The summed E-state index contributed by atoms with van der Waals surface area (Å²) in [6, 6.07) is 5.97. The molecule has 146 valence electrons. The third kappa shape index (κ3) is 4.14. The Balaban J connectivity index is 1.91. The van der Waals surface area contributed by atoms with Crippen molar-refractivity contribution in [1.29, 1.82) is 0 Å². The van der Waals surface area contributed by atoms with Crippen LogP contribution in [0, 0.1) is 20.8 Å². The normalized spacial score (nSPS) is 20.9. The molecule has 27 heavy (non-hydrogen) atoms. The fourth-order valence-corrected chi connectivity index (χ4v) is 4.13.